The van der Waals surface area contributed by atoms with E-state index in [1.54, 1.807) is 6.07 Å². The van der Waals surface area contributed by atoms with Crippen molar-refractivity contribution in [3.05, 3.63) is 87.9 Å². The van der Waals surface area contributed by atoms with E-state index in [2.05, 4.69) is 5.32 Å². The van der Waals surface area contributed by atoms with E-state index in [0.717, 1.165) is 24.5 Å². The maximum atomic E-state index is 15.0. The highest BCUT2D eigenvalue weighted by Gasteiger charge is 2.43. The van der Waals surface area contributed by atoms with Gasteiger partial charge in [0.25, 0.3) is 0 Å². The largest absolute Gasteiger partial charge is 0.480 e. The number of fused-ring (bicyclic) bond motifs is 1. The summed E-state index contributed by atoms with van der Waals surface area (Å²) < 4.78 is 40.8. The van der Waals surface area contributed by atoms with Crippen molar-refractivity contribution in [3.8, 4) is 22.9 Å². The minimum absolute atomic E-state index is 0.0472. The average molecular weight is 497 g/mol. The Morgan fingerprint density at radius 3 is 2.66 bits per heavy atom. The van der Waals surface area contributed by atoms with E-state index >= 15 is 4.39 Å². The highest BCUT2D eigenvalue weighted by molar-refractivity contribution is 6.33. The summed E-state index contributed by atoms with van der Waals surface area (Å²) in [5.41, 5.74) is 0.170. The molecule has 4 rings (SSSR count). The molecule has 0 saturated carbocycles. The quantitative estimate of drug-likeness (QED) is 0.378. The van der Waals surface area contributed by atoms with E-state index in [1.807, 2.05) is 43.3 Å². The Morgan fingerprint density at radius 2 is 1.94 bits per heavy atom. The first-order valence-corrected chi connectivity index (χ1v) is 11.6. The van der Waals surface area contributed by atoms with E-state index in [9.17, 15) is 14.4 Å². The summed E-state index contributed by atoms with van der Waals surface area (Å²) in [4.78, 5) is 12.3. The maximum absolute atomic E-state index is 15.0. The fraction of sp³-hybridized carbons (Fsp3) is 0.259. The van der Waals surface area contributed by atoms with Crippen molar-refractivity contribution < 1.29 is 23.0 Å². The second-order valence-electron chi connectivity index (χ2n) is 8.28. The fourth-order valence-electron chi connectivity index (χ4n) is 4.24. The van der Waals surface area contributed by atoms with Crippen LogP contribution in [0.1, 0.15) is 36.5 Å². The van der Waals surface area contributed by atoms with E-state index in [1.165, 1.54) is 12.1 Å². The molecule has 8 heteroatoms. The number of nitrogens with zero attached hydrogens (tertiary/aromatic N) is 1. The number of halogens is 3. The molecule has 1 aliphatic heterocycles. The summed E-state index contributed by atoms with van der Waals surface area (Å²) in [6.45, 7) is 2.36. The van der Waals surface area contributed by atoms with Crippen LogP contribution in [0.4, 0.5) is 13.6 Å². The number of rotatable bonds is 7. The Morgan fingerprint density at radius 1 is 1.17 bits per heavy atom. The fourth-order valence-corrected chi connectivity index (χ4v) is 4.51. The van der Waals surface area contributed by atoms with Gasteiger partial charge in [0.2, 0.25) is 0 Å². The standard InChI is InChI=1S/C27H23ClF2N2O3/c1-2-3-13-34-26(33)32-16-27(18-7-5-4-6-8-18)14-19-22(35-27)12-10-20(28)24(19)23-17(15-31)9-11-21(29)25(23)30/h4-12H,2-3,13-14,16H2,1H3,(H,32,33)/t27-/m1/s1. The molecule has 1 amide bonds. The Hall–Kier alpha value is -3.63. The topological polar surface area (TPSA) is 71.3 Å². The third kappa shape index (κ3) is 4.80. The van der Waals surface area contributed by atoms with Gasteiger partial charge in [-0.15, -0.1) is 0 Å². The second-order valence-corrected chi connectivity index (χ2v) is 8.68. The van der Waals surface area contributed by atoms with Crippen LogP contribution in [0.25, 0.3) is 11.1 Å². The van der Waals surface area contributed by atoms with Crippen LogP contribution in [0.15, 0.2) is 54.6 Å². The van der Waals surface area contributed by atoms with Crippen molar-refractivity contribution in [1.29, 1.82) is 5.26 Å². The number of alkyl carbamates (subject to hydrolysis) is 1. The monoisotopic (exact) mass is 496 g/mol. The highest BCUT2D eigenvalue weighted by atomic mass is 35.5. The van der Waals surface area contributed by atoms with Gasteiger partial charge < -0.3 is 14.8 Å². The minimum atomic E-state index is -1.16. The number of unbranched alkanes of at least 4 members (excludes halogenated alkanes) is 1. The number of carbonyl (C=O) groups is 1. The van der Waals surface area contributed by atoms with E-state index in [4.69, 9.17) is 21.1 Å². The van der Waals surface area contributed by atoms with Crippen LogP contribution in [0.3, 0.4) is 0 Å². The molecule has 3 aromatic rings. The molecule has 0 bridgehead atoms. The summed E-state index contributed by atoms with van der Waals surface area (Å²) in [7, 11) is 0. The van der Waals surface area contributed by atoms with Crippen molar-refractivity contribution in [3.63, 3.8) is 0 Å². The summed E-state index contributed by atoms with van der Waals surface area (Å²) in [5.74, 6) is -1.84. The first kappa shape index (κ1) is 24.5. The van der Waals surface area contributed by atoms with Gasteiger partial charge in [-0.25, -0.2) is 13.6 Å². The minimum Gasteiger partial charge on any atom is -0.480 e. The first-order chi connectivity index (χ1) is 16.9. The first-order valence-electron chi connectivity index (χ1n) is 11.2. The molecule has 0 aliphatic carbocycles. The second kappa shape index (κ2) is 10.3. The summed E-state index contributed by atoms with van der Waals surface area (Å²) in [6, 6.07) is 16.5. The maximum Gasteiger partial charge on any atom is 0.407 e. The Labute approximate surface area is 207 Å². The number of ether oxygens (including phenoxy) is 2. The third-order valence-corrected chi connectivity index (χ3v) is 6.32. The van der Waals surface area contributed by atoms with E-state index in [0.29, 0.717) is 17.9 Å². The van der Waals surface area contributed by atoms with Crippen LogP contribution in [0, 0.1) is 23.0 Å². The van der Waals surface area contributed by atoms with Crippen molar-refractivity contribution in [2.45, 2.75) is 31.8 Å². The lowest BCUT2D eigenvalue weighted by Crippen LogP contribution is -2.44. The zero-order valence-electron chi connectivity index (χ0n) is 19.0. The Bertz CT molecular complexity index is 1290. The van der Waals surface area contributed by atoms with Crippen LogP contribution < -0.4 is 10.1 Å². The zero-order valence-corrected chi connectivity index (χ0v) is 19.8. The molecule has 0 radical (unpaired) electrons. The molecule has 1 heterocycles. The molecule has 3 aromatic carbocycles. The van der Waals surface area contributed by atoms with Crippen LogP contribution in [0.5, 0.6) is 5.75 Å². The number of hydrogen-bond donors (Lipinski definition) is 1. The molecule has 35 heavy (non-hydrogen) atoms. The summed E-state index contributed by atoms with van der Waals surface area (Å²) >= 11 is 6.49. The van der Waals surface area contributed by atoms with Gasteiger partial charge in [-0.05, 0) is 36.2 Å². The molecule has 1 aliphatic rings. The van der Waals surface area contributed by atoms with Gasteiger partial charge in [-0.2, -0.15) is 5.26 Å². The summed E-state index contributed by atoms with van der Waals surface area (Å²) in [5, 5.41) is 12.5. The van der Waals surface area contributed by atoms with Gasteiger partial charge in [-0.1, -0.05) is 55.3 Å². The van der Waals surface area contributed by atoms with Gasteiger partial charge in [-0.3, -0.25) is 0 Å². The molecule has 0 unspecified atom stereocenters. The summed E-state index contributed by atoms with van der Waals surface area (Å²) in [6.07, 6.45) is 1.26. The number of nitrogens with one attached hydrogen (secondary N) is 1. The van der Waals surface area contributed by atoms with Gasteiger partial charge in [0, 0.05) is 28.1 Å². The molecule has 0 spiro atoms. The van der Waals surface area contributed by atoms with E-state index < -0.39 is 23.3 Å². The van der Waals surface area contributed by atoms with Gasteiger partial charge >= 0.3 is 6.09 Å². The molecule has 0 aromatic heterocycles. The normalized spacial score (nSPS) is 16.2. The molecule has 1 atom stereocenters. The SMILES string of the molecule is CCCCOC(=O)NC[C@@]1(c2ccccc2)Cc2c(ccc(Cl)c2-c2c(C#N)ccc(F)c2F)O1. The highest BCUT2D eigenvalue weighted by Crippen LogP contribution is 2.49. The number of benzene rings is 3. The average Bonchev–Trinajstić information content (AvgIpc) is 3.26. The Kier molecular flexibility index (Phi) is 7.23. The van der Waals surface area contributed by atoms with Crippen molar-refractivity contribution >= 4 is 17.7 Å². The predicted octanol–water partition coefficient (Wildman–Crippen LogP) is 6.51. The molecular formula is C27H23ClF2N2O3. The van der Waals surface area contributed by atoms with Gasteiger partial charge in [0.1, 0.15) is 5.75 Å². The number of nitriles is 1. The zero-order chi connectivity index (χ0) is 25.0. The molecule has 180 valence electrons. The molecule has 0 fully saturated rings. The van der Waals surface area contributed by atoms with Crippen molar-refractivity contribution in [2.75, 3.05) is 13.2 Å². The van der Waals surface area contributed by atoms with E-state index in [-0.39, 0.29) is 34.7 Å². The molecular weight excluding hydrogens is 474 g/mol. The van der Waals surface area contributed by atoms with Crippen LogP contribution in [-0.2, 0) is 16.8 Å². The lowest BCUT2D eigenvalue weighted by molar-refractivity contribution is 0.0837. The van der Waals surface area contributed by atoms with Gasteiger partial charge in [0.05, 0.1) is 24.8 Å². The van der Waals surface area contributed by atoms with Crippen molar-refractivity contribution in [2.24, 2.45) is 0 Å². The lowest BCUT2D eigenvalue weighted by Gasteiger charge is -2.29. The number of amides is 1. The van der Waals surface area contributed by atoms with Crippen LogP contribution >= 0.6 is 11.6 Å². The lowest BCUT2D eigenvalue weighted by atomic mass is 9.85. The smallest absolute Gasteiger partial charge is 0.407 e. The van der Waals surface area contributed by atoms with Gasteiger partial charge in [0.15, 0.2) is 17.2 Å². The van der Waals surface area contributed by atoms with Crippen LogP contribution in [-0.4, -0.2) is 19.2 Å². The van der Waals surface area contributed by atoms with Crippen LogP contribution in [0.2, 0.25) is 5.02 Å². The predicted molar refractivity (Wildman–Crippen MR) is 128 cm³/mol. The van der Waals surface area contributed by atoms with Crippen molar-refractivity contribution in [1.82, 2.24) is 5.32 Å². The third-order valence-electron chi connectivity index (χ3n) is 6.00. The Balaban J connectivity index is 1.77. The number of hydrogen-bond acceptors (Lipinski definition) is 4. The molecule has 0 saturated heterocycles. The molecule has 5 nitrogen and oxygen atoms in total. The number of carbonyl (C=O) groups excluding carboxylic acids is 1. The molecule has 1 N–H and O–H groups in total.